The first-order valence-corrected chi connectivity index (χ1v) is 9.28. The predicted octanol–water partition coefficient (Wildman–Crippen LogP) is 5.05. The molecular weight excluding hydrogens is 414 g/mol. The molecule has 0 saturated carbocycles. The molecule has 2 rings (SSSR count). The van der Waals surface area contributed by atoms with Crippen LogP contribution in [-0.2, 0) is 6.42 Å². The second kappa shape index (κ2) is 7.31. The average molecular weight is 433 g/mol. The van der Waals surface area contributed by atoms with Crippen LogP contribution in [0.25, 0.3) is 10.6 Å². The van der Waals surface area contributed by atoms with Crippen LogP contribution < -0.4 is 5.32 Å². The molecule has 0 bridgehead atoms. The molecule has 1 aromatic carbocycles. The van der Waals surface area contributed by atoms with Gasteiger partial charge >= 0.3 is 0 Å². The van der Waals surface area contributed by atoms with Gasteiger partial charge in [0.05, 0.1) is 0 Å². The van der Waals surface area contributed by atoms with E-state index in [1.165, 1.54) is 0 Å². The van der Waals surface area contributed by atoms with Crippen LogP contribution in [0.1, 0.15) is 32.2 Å². The van der Waals surface area contributed by atoms with E-state index in [0.717, 1.165) is 43.9 Å². The molecule has 0 unspecified atom stereocenters. The largest absolute Gasteiger partial charge is 0.312 e. The van der Waals surface area contributed by atoms with Gasteiger partial charge in [0.15, 0.2) is 0 Å². The first-order valence-electron chi connectivity index (χ1n) is 6.88. The van der Waals surface area contributed by atoms with E-state index in [9.17, 15) is 0 Å². The van der Waals surface area contributed by atoms with Gasteiger partial charge < -0.3 is 5.32 Å². The van der Waals surface area contributed by atoms with Gasteiger partial charge in [0.25, 0.3) is 0 Å². The molecule has 0 aliphatic carbocycles. The molecule has 0 spiro atoms. The standard InChI is InChI=1S/C15H19Br2N3S/c1-15(2,3)18-8-4-5-13-19-20-14(21-13)11-9-10(16)6-7-12(11)17/h6-7,9,18H,4-5,8H2,1-3H3. The molecule has 1 heterocycles. The number of rotatable bonds is 5. The molecule has 0 atom stereocenters. The van der Waals surface area contributed by atoms with E-state index < -0.39 is 0 Å². The molecule has 2 aromatic rings. The number of hydrogen-bond donors (Lipinski definition) is 1. The number of aryl methyl sites for hydroxylation is 1. The van der Waals surface area contributed by atoms with Crippen LogP contribution in [0, 0.1) is 0 Å². The summed E-state index contributed by atoms with van der Waals surface area (Å²) in [4.78, 5) is 0. The van der Waals surface area contributed by atoms with Crippen molar-refractivity contribution < 1.29 is 0 Å². The minimum absolute atomic E-state index is 0.174. The van der Waals surface area contributed by atoms with Gasteiger partial charge in [-0.1, -0.05) is 43.2 Å². The SMILES string of the molecule is CC(C)(C)NCCCc1nnc(-c2cc(Br)ccc2Br)s1. The van der Waals surface area contributed by atoms with Gasteiger partial charge in [-0.3, -0.25) is 0 Å². The first kappa shape index (κ1) is 17.1. The Hall–Kier alpha value is -0.300. The molecule has 0 radical (unpaired) electrons. The van der Waals surface area contributed by atoms with Crippen molar-refractivity contribution >= 4 is 43.2 Å². The number of aromatic nitrogens is 2. The number of nitrogens with zero attached hydrogens (tertiary/aromatic N) is 2. The Labute approximate surface area is 146 Å². The normalized spacial score (nSPS) is 11.9. The number of hydrogen-bond acceptors (Lipinski definition) is 4. The zero-order chi connectivity index (χ0) is 15.5. The third-order valence-electron chi connectivity index (χ3n) is 2.85. The van der Waals surface area contributed by atoms with Crippen molar-refractivity contribution in [2.45, 2.75) is 39.2 Å². The summed E-state index contributed by atoms with van der Waals surface area (Å²) in [5.74, 6) is 0. The number of halogens is 2. The topological polar surface area (TPSA) is 37.8 Å². The third kappa shape index (κ3) is 5.43. The second-order valence-corrected chi connectivity index (χ2v) is 8.74. The molecule has 0 amide bonds. The van der Waals surface area contributed by atoms with E-state index >= 15 is 0 Å². The Morgan fingerprint density at radius 2 is 1.95 bits per heavy atom. The fourth-order valence-electron chi connectivity index (χ4n) is 1.83. The molecule has 0 fully saturated rings. The average Bonchev–Trinajstić information content (AvgIpc) is 2.85. The monoisotopic (exact) mass is 431 g/mol. The van der Waals surface area contributed by atoms with Crippen molar-refractivity contribution in [3.8, 4) is 10.6 Å². The van der Waals surface area contributed by atoms with Crippen LogP contribution in [0.2, 0.25) is 0 Å². The summed E-state index contributed by atoms with van der Waals surface area (Å²) in [5, 5.41) is 14.2. The molecule has 0 saturated heterocycles. The summed E-state index contributed by atoms with van der Waals surface area (Å²) < 4.78 is 2.09. The highest BCUT2D eigenvalue weighted by atomic mass is 79.9. The van der Waals surface area contributed by atoms with Crippen molar-refractivity contribution in [1.82, 2.24) is 15.5 Å². The lowest BCUT2D eigenvalue weighted by molar-refractivity contribution is 0.422. The molecular formula is C15H19Br2N3S. The van der Waals surface area contributed by atoms with E-state index in [2.05, 4.69) is 74.2 Å². The van der Waals surface area contributed by atoms with Gasteiger partial charge in [-0.2, -0.15) is 0 Å². The minimum Gasteiger partial charge on any atom is -0.312 e. The first-order chi connectivity index (χ1) is 9.85. The van der Waals surface area contributed by atoms with Crippen LogP contribution in [-0.4, -0.2) is 22.3 Å². The highest BCUT2D eigenvalue weighted by Crippen LogP contribution is 2.33. The van der Waals surface area contributed by atoms with Gasteiger partial charge in [-0.25, -0.2) is 0 Å². The second-order valence-electron chi connectivity index (χ2n) is 5.91. The van der Waals surface area contributed by atoms with Gasteiger partial charge in [0, 0.05) is 26.5 Å². The van der Waals surface area contributed by atoms with Crippen molar-refractivity contribution in [2.75, 3.05) is 6.54 Å². The summed E-state index contributed by atoms with van der Waals surface area (Å²) in [7, 11) is 0. The molecule has 1 aromatic heterocycles. The number of nitrogens with one attached hydrogen (secondary N) is 1. The van der Waals surface area contributed by atoms with Gasteiger partial charge in [-0.05, 0) is 51.9 Å². The molecule has 6 heteroatoms. The van der Waals surface area contributed by atoms with Crippen molar-refractivity contribution in [3.63, 3.8) is 0 Å². The van der Waals surface area contributed by atoms with E-state index in [1.54, 1.807) is 11.3 Å². The molecule has 0 aliphatic heterocycles. The van der Waals surface area contributed by atoms with Gasteiger partial charge in [-0.15, -0.1) is 10.2 Å². The van der Waals surface area contributed by atoms with E-state index in [-0.39, 0.29) is 5.54 Å². The molecule has 0 aliphatic rings. The zero-order valence-corrected chi connectivity index (χ0v) is 16.4. The van der Waals surface area contributed by atoms with Crippen LogP contribution >= 0.6 is 43.2 Å². The lowest BCUT2D eigenvalue weighted by Crippen LogP contribution is -2.36. The lowest BCUT2D eigenvalue weighted by Gasteiger charge is -2.20. The van der Waals surface area contributed by atoms with Crippen LogP contribution in [0.15, 0.2) is 27.1 Å². The van der Waals surface area contributed by atoms with Crippen molar-refractivity contribution in [1.29, 1.82) is 0 Å². The van der Waals surface area contributed by atoms with Gasteiger partial charge in [0.1, 0.15) is 10.0 Å². The Bertz CT molecular complexity index is 605. The molecule has 21 heavy (non-hydrogen) atoms. The predicted molar refractivity (Wildman–Crippen MR) is 96.8 cm³/mol. The summed E-state index contributed by atoms with van der Waals surface area (Å²) in [5.41, 5.74) is 1.26. The lowest BCUT2D eigenvalue weighted by atomic mass is 10.1. The van der Waals surface area contributed by atoms with Crippen LogP contribution in [0.4, 0.5) is 0 Å². The Kier molecular flexibility index (Phi) is 5.94. The molecule has 3 nitrogen and oxygen atoms in total. The smallest absolute Gasteiger partial charge is 0.148 e. The Morgan fingerprint density at radius 1 is 1.19 bits per heavy atom. The van der Waals surface area contributed by atoms with Gasteiger partial charge in [0.2, 0.25) is 0 Å². The maximum Gasteiger partial charge on any atom is 0.148 e. The maximum absolute atomic E-state index is 4.31. The highest BCUT2D eigenvalue weighted by Gasteiger charge is 2.11. The quantitative estimate of drug-likeness (QED) is 0.671. The molecule has 114 valence electrons. The summed E-state index contributed by atoms with van der Waals surface area (Å²) in [6.45, 7) is 7.54. The van der Waals surface area contributed by atoms with Crippen LogP contribution in [0.5, 0.6) is 0 Å². The minimum atomic E-state index is 0.174. The number of benzene rings is 1. The summed E-state index contributed by atoms with van der Waals surface area (Å²) in [6, 6.07) is 6.09. The van der Waals surface area contributed by atoms with E-state index in [4.69, 9.17) is 0 Å². The van der Waals surface area contributed by atoms with E-state index in [0.29, 0.717) is 0 Å². The molecule has 1 N–H and O–H groups in total. The maximum atomic E-state index is 4.31. The van der Waals surface area contributed by atoms with Crippen LogP contribution in [0.3, 0.4) is 0 Å². The van der Waals surface area contributed by atoms with E-state index in [1.807, 2.05) is 12.1 Å². The van der Waals surface area contributed by atoms with Crippen molar-refractivity contribution in [2.24, 2.45) is 0 Å². The fourth-order valence-corrected chi connectivity index (χ4v) is 3.67. The Morgan fingerprint density at radius 3 is 2.67 bits per heavy atom. The summed E-state index contributed by atoms with van der Waals surface area (Å²) >= 11 is 8.73. The van der Waals surface area contributed by atoms with Crippen molar-refractivity contribution in [3.05, 3.63) is 32.2 Å². The zero-order valence-electron chi connectivity index (χ0n) is 12.4. The summed E-state index contributed by atoms with van der Waals surface area (Å²) in [6.07, 6.45) is 2.04. The Balaban J connectivity index is 1.97. The third-order valence-corrected chi connectivity index (χ3v) is 5.05. The highest BCUT2D eigenvalue weighted by molar-refractivity contribution is 9.11. The fraction of sp³-hybridized carbons (Fsp3) is 0.467.